The number of aliphatic carboxylic acids is 1. The minimum atomic E-state index is -0.545. The van der Waals surface area contributed by atoms with Crippen LogP contribution in [0.25, 0.3) is 0 Å². The number of fused-ring (bicyclic) bond motifs is 7. The van der Waals surface area contributed by atoms with Crippen LogP contribution in [-0.4, -0.2) is 22.0 Å². The van der Waals surface area contributed by atoms with Gasteiger partial charge in [0.15, 0.2) is 0 Å². The van der Waals surface area contributed by atoms with Gasteiger partial charge in [0.05, 0.1) is 11.1 Å². The van der Waals surface area contributed by atoms with E-state index in [4.69, 9.17) is 0 Å². The van der Waals surface area contributed by atoms with Crippen molar-refractivity contribution in [1.29, 1.82) is 0 Å². The molecule has 0 bridgehead atoms. The standard InChI is InChI=1S/C30H47NO3/c1-18(2)19-10-15-30(25(32)33)17-16-28(6)20(24(19)30)8-9-22-27(5)13-12-23(31-34)26(3,4)21(27)11-14-29(22,28)7/h19-22,24,34H,1,8-17H2,2-7H3,(H,32,33)/b31-23-. The molecule has 5 aliphatic rings. The van der Waals surface area contributed by atoms with E-state index in [2.05, 4.69) is 53.3 Å². The summed E-state index contributed by atoms with van der Waals surface area (Å²) in [5.41, 5.74) is 2.20. The maximum Gasteiger partial charge on any atom is 0.309 e. The molecule has 190 valence electrons. The fourth-order valence-corrected chi connectivity index (χ4v) is 11.5. The van der Waals surface area contributed by atoms with Crippen LogP contribution in [0.2, 0.25) is 0 Å². The van der Waals surface area contributed by atoms with Gasteiger partial charge >= 0.3 is 5.97 Å². The zero-order valence-electron chi connectivity index (χ0n) is 22.4. The Bertz CT molecular complexity index is 937. The highest BCUT2D eigenvalue weighted by molar-refractivity contribution is 5.90. The first-order valence-electron chi connectivity index (χ1n) is 13.9. The second-order valence-corrected chi connectivity index (χ2v) is 14.4. The third-order valence-corrected chi connectivity index (χ3v) is 13.4. The molecule has 0 aromatic rings. The lowest BCUT2D eigenvalue weighted by Crippen LogP contribution is -2.66. The second-order valence-electron chi connectivity index (χ2n) is 14.4. The van der Waals surface area contributed by atoms with Crippen LogP contribution >= 0.6 is 0 Å². The van der Waals surface area contributed by atoms with E-state index in [9.17, 15) is 15.1 Å². The van der Waals surface area contributed by atoms with Crippen molar-refractivity contribution in [3.63, 3.8) is 0 Å². The number of rotatable bonds is 2. The Balaban J connectivity index is 1.56. The van der Waals surface area contributed by atoms with Crippen molar-refractivity contribution >= 4 is 11.7 Å². The highest BCUT2D eigenvalue weighted by atomic mass is 16.4. The molecule has 4 heteroatoms. The zero-order valence-corrected chi connectivity index (χ0v) is 22.4. The molecule has 0 radical (unpaired) electrons. The number of allylic oxidation sites excluding steroid dienone is 1. The van der Waals surface area contributed by atoms with Gasteiger partial charge in [-0.2, -0.15) is 0 Å². The molecule has 0 saturated heterocycles. The first kappa shape index (κ1) is 24.4. The van der Waals surface area contributed by atoms with Gasteiger partial charge < -0.3 is 10.3 Å². The summed E-state index contributed by atoms with van der Waals surface area (Å²) in [6.07, 6.45) is 10.5. The third-order valence-electron chi connectivity index (χ3n) is 13.4. The van der Waals surface area contributed by atoms with Crippen molar-refractivity contribution < 1.29 is 15.1 Å². The smallest absolute Gasteiger partial charge is 0.309 e. The van der Waals surface area contributed by atoms with Gasteiger partial charge in [0.25, 0.3) is 0 Å². The summed E-state index contributed by atoms with van der Waals surface area (Å²) in [7, 11) is 0. The van der Waals surface area contributed by atoms with Crippen LogP contribution in [0, 0.1) is 56.7 Å². The maximum absolute atomic E-state index is 12.8. The Kier molecular flexibility index (Phi) is 5.27. The molecule has 5 fully saturated rings. The minimum absolute atomic E-state index is 0.0671. The van der Waals surface area contributed by atoms with Gasteiger partial charge in [-0.15, -0.1) is 0 Å². The average Bonchev–Trinajstić information content (AvgIpc) is 3.15. The van der Waals surface area contributed by atoms with Crippen LogP contribution in [0.1, 0.15) is 106 Å². The number of carboxylic acid groups (broad SMARTS) is 1. The number of carbonyl (C=O) groups is 1. The molecule has 5 saturated carbocycles. The Morgan fingerprint density at radius 1 is 0.912 bits per heavy atom. The SMILES string of the molecule is C=C(C)C1CCC2(C(=O)O)CCC3(C)C(CCC4C5(C)CC/C(=N/O)C(C)(C)C5CCC43C)C12. The summed E-state index contributed by atoms with van der Waals surface area (Å²) in [5.74, 6) is 1.69. The largest absolute Gasteiger partial charge is 0.481 e. The normalized spacial score (nSPS) is 52.8. The summed E-state index contributed by atoms with van der Waals surface area (Å²) in [6.45, 7) is 18.8. The quantitative estimate of drug-likeness (QED) is 0.249. The predicted octanol–water partition coefficient (Wildman–Crippen LogP) is 7.56. The van der Waals surface area contributed by atoms with E-state index in [0.717, 1.165) is 50.7 Å². The van der Waals surface area contributed by atoms with Gasteiger partial charge in [-0.1, -0.05) is 51.9 Å². The topological polar surface area (TPSA) is 69.9 Å². The highest BCUT2D eigenvalue weighted by Crippen LogP contribution is 2.77. The van der Waals surface area contributed by atoms with Gasteiger partial charge in [-0.05, 0) is 117 Å². The van der Waals surface area contributed by atoms with E-state index in [1.807, 2.05) is 0 Å². The number of carboxylic acids is 1. The van der Waals surface area contributed by atoms with Crippen molar-refractivity contribution in [3.05, 3.63) is 12.2 Å². The van der Waals surface area contributed by atoms with Crippen molar-refractivity contribution in [2.75, 3.05) is 0 Å². The van der Waals surface area contributed by atoms with Crippen molar-refractivity contribution in [3.8, 4) is 0 Å². The van der Waals surface area contributed by atoms with Gasteiger partial charge in [-0.25, -0.2) is 0 Å². The number of nitrogens with zero attached hydrogens (tertiary/aromatic N) is 1. The van der Waals surface area contributed by atoms with Crippen molar-refractivity contribution in [2.45, 2.75) is 106 Å². The molecule has 9 unspecified atom stereocenters. The van der Waals surface area contributed by atoms with Crippen LogP contribution < -0.4 is 0 Å². The predicted molar refractivity (Wildman–Crippen MR) is 136 cm³/mol. The zero-order chi connectivity index (χ0) is 24.9. The van der Waals surface area contributed by atoms with Gasteiger partial charge in [0.2, 0.25) is 0 Å². The van der Waals surface area contributed by atoms with Crippen LogP contribution in [0.4, 0.5) is 0 Å². The lowest BCUT2D eigenvalue weighted by atomic mass is 9.32. The highest BCUT2D eigenvalue weighted by Gasteiger charge is 2.71. The molecular formula is C30H47NO3. The summed E-state index contributed by atoms with van der Waals surface area (Å²) in [4.78, 5) is 12.8. The Labute approximate surface area is 206 Å². The average molecular weight is 470 g/mol. The molecule has 5 rings (SSSR count). The van der Waals surface area contributed by atoms with E-state index in [0.29, 0.717) is 23.7 Å². The molecule has 0 aliphatic heterocycles. The van der Waals surface area contributed by atoms with Gasteiger partial charge in [0, 0.05) is 5.41 Å². The molecule has 0 aromatic carbocycles. The molecule has 0 heterocycles. The van der Waals surface area contributed by atoms with E-state index in [1.165, 1.54) is 24.8 Å². The van der Waals surface area contributed by atoms with E-state index < -0.39 is 11.4 Å². The molecule has 0 spiro atoms. The minimum Gasteiger partial charge on any atom is -0.481 e. The first-order chi connectivity index (χ1) is 15.8. The van der Waals surface area contributed by atoms with Crippen molar-refractivity contribution in [2.24, 2.45) is 61.8 Å². The van der Waals surface area contributed by atoms with Crippen LogP contribution in [0.5, 0.6) is 0 Å². The van der Waals surface area contributed by atoms with E-state index in [-0.39, 0.29) is 27.6 Å². The second kappa shape index (κ2) is 7.35. The molecule has 34 heavy (non-hydrogen) atoms. The molecule has 0 amide bonds. The van der Waals surface area contributed by atoms with Crippen LogP contribution in [0.15, 0.2) is 17.3 Å². The summed E-state index contributed by atoms with van der Waals surface area (Å²) >= 11 is 0. The summed E-state index contributed by atoms with van der Waals surface area (Å²) in [5, 5.41) is 24.0. The fraction of sp³-hybridized carbons (Fsp3) is 0.867. The number of oxime groups is 1. The third kappa shape index (κ3) is 2.72. The summed E-state index contributed by atoms with van der Waals surface area (Å²) in [6, 6.07) is 0. The van der Waals surface area contributed by atoms with E-state index in [1.54, 1.807) is 0 Å². The fourth-order valence-electron chi connectivity index (χ4n) is 11.5. The Hall–Kier alpha value is -1.32. The number of hydrogen-bond donors (Lipinski definition) is 2. The Morgan fingerprint density at radius 2 is 1.62 bits per heavy atom. The van der Waals surface area contributed by atoms with Crippen LogP contribution in [0.3, 0.4) is 0 Å². The monoisotopic (exact) mass is 469 g/mol. The van der Waals surface area contributed by atoms with Crippen LogP contribution in [-0.2, 0) is 4.79 Å². The van der Waals surface area contributed by atoms with Gasteiger partial charge in [-0.3, -0.25) is 4.79 Å². The first-order valence-corrected chi connectivity index (χ1v) is 13.9. The maximum atomic E-state index is 12.8. The lowest BCUT2D eigenvalue weighted by molar-refractivity contribution is -0.230. The molecular weight excluding hydrogens is 422 g/mol. The van der Waals surface area contributed by atoms with E-state index >= 15 is 0 Å². The lowest BCUT2D eigenvalue weighted by Gasteiger charge is -2.72. The Morgan fingerprint density at radius 3 is 2.24 bits per heavy atom. The molecule has 5 aliphatic carbocycles. The van der Waals surface area contributed by atoms with Crippen molar-refractivity contribution in [1.82, 2.24) is 0 Å². The summed E-state index contributed by atoms with van der Waals surface area (Å²) < 4.78 is 0. The molecule has 2 N–H and O–H groups in total. The molecule has 0 aromatic heterocycles. The molecule has 4 nitrogen and oxygen atoms in total. The number of hydrogen-bond acceptors (Lipinski definition) is 3. The van der Waals surface area contributed by atoms with Gasteiger partial charge in [0.1, 0.15) is 0 Å². The molecule has 9 atom stereocenters.